The van der Waals surface area contributed by atoms with Crippen molar-refractivity contribution in [2.45, 2.75) is 39.2 Å². The van der Waals surface area contributed by atoms with Gasteiger partial charge in [-0.2, -0.15) is 0 Å². The van der Waals surface area contributed by atoms with Gasteiger partial charge in [-0.3, -0.25) is 0 Å². The zero-order chi connectivity index (χ0) is 13.4. The summed E-state index contributed by atoms with van der Waals surface area (Å²) in [6.45, 7) is 5.42. The highest BCUT2D eigenvalue weighted by molar-refractivity contribution is 5.48. The lowest BCUT2D eigenvalue weighted by Gasteiger charge is -2.21. The minimum atomic E-state index is 0.321. The number of para-hydroxylation sites is 1. The Bertz CT molecular complexity index is 352. The van der Waals surface area contributed by atoms with Crippen molar-refractivity contribution in [3.8, 4) is 11.5 Å². The predicted molar refractivity (Wildman–Crippen MR) is 75.5 cm³/mol. The number of rotatable bonds is 8. The largest absolute Gasteiger partial charge is 0.493 e. The summed E-state index contributed by atoms with van der Waals surface area (Å²) in [5, 5.41) is 3.58. The summed E-state index contributed by atoms with van der Waals surface area (Å²) in [5.74, 6) is 1.64. The number of nitrogens with one attached hydrogen (secondary N) is 1. The lowest BCUT2D eigenvalue weighted by atomic mass is 10.0. The molecular weight excluding hydrogens is 226 g/mol. The number of methoxy groups -OCH3 is 2. The molecule has 1 N–H and O–H groups in total. The molecule has 0 heterocycles. The van der Waals surface area contributed by atoms with Crippen LogP contribution in [-0.2, 0) is 0 Å². The molecule has 1 aromatic carbocycles. The quantitative estimate of drug-likeness (QED) is 0.717. The first kappa shape index (κ1) is 14.8. The van der Waals surface area contributed by atoms with E-state index in [0.717, 1.165) is 24.5 Å². The number of ether oxygens (including phenoxy) is 2. The average Bonchev–Trinajstić information content (AvgIpc) is 2.42. The van der Waals surface area contributed by atoms with Crippen LogP contribution in [0.25, 0.3) is 0 Å². The molecule has 0 radical (unpaired) electrons. The molecule has 0 unspecified atom stereocenters. The maximum Gasteiger partial charge on any atom is 0.165 e. The Kier molecular flexibility index (Phi) is 6.58. The lowest BCUT2D eigenvalue weighted by molar-refractivity contribution is 0.345. The van der Waals surface area contributed by atoms with E-state index < -0.39 is 0 Å². The van der Waals surface area contributed by atoms with E-state index >= 15 is 0 Å². The van der Waals surface area contributed by atoms with Crippen molar-refractivity contribution < 1.29 is 9.47 Å². The Morgan fingerprint density at radius 2 is 1.94 bits per heavy atom. The Balaban J connectivity index is 2.90. The minimum Gasteiger partial charge on any atom is -0.493 e. The first-order valence-electron chi connectivity index (χ1n) is 6.72. The average molecular weight is 251 g/mol. The van der Waals surface area contributed by atoms with Crippen molar-refractivity contribution in [2.24, 2.45) is 0 Å². The highest BCUT2D eigenvalue weighted by Gasteiger charge is 2.16. The summed E-state index contributed by atoms with van der Waals surface area (Å²) in [4.78, 5) is 0. The second-order valence-electron chi connectivity index (χ2n) is 4.35. The van der Waals surface area contributed by atoms with Gasteiger partial charge in [-0.25, -0.2) is 0 Å². The monoisotopic (exact) mass is 251 g/mol. The Morgan fingerprint density at radius 1 is 1.17 bits per heavy atom. The summed E-state index contributed by atoms with van der Waals surface area (Å²) in [6, 6.07) is 6.37. The molecule has 1 aromatic rings. The molecule has 0 bridgehead atoms. The van der Waals surface area contributed by atoms with Crippen molar-refractivity contribution in [1.29, 1.82) is 0 Å². The molecular formula is C15H25NO2. The molecule has 0 saturated heterocycles. The van der Waals surface area contributed by atoms with Crippen molar-refractivity contribution in [2.75, 3.05) is 20.8 Å². The zero-order valence-corrected chi connectivity index (χ0v) is 12.0. The zero-order valence-electron chi connectivity index (χ0n) is 12.0. The lowest BCUT2D eigenvalue weighted by Crippen LogP contribution is -2.22. The highest BCUT2D eigenvalue weighted by Crippen LogP contribution is 2.35. The second kappa shape index (κ2) is 7.98. The van der Waals surface area contributed by atoms with E-state index in [0.29, 0.717) is 6.04 Å². The van der Waals surface area contributed by atoms with Crippen LogP contribution in [0, 0.1) is 0 Å². The van der Waals surface area contributed by atoms with E-state index in [2.05, 4.69) is 25.2 Å². The van der Waals surface area contributed by atoms with Crippen LogP contribution in [0.1, 0.15) is 44.7 Å². The van der Waals surface area contributed by atoms with Crippen LogP contribution in [0.15, 0.2) is 18.2 Å². The van der Waals surface area contributed by atoms with Crippen LogP contribution in [0.2, 0.25) is 0 Å². The van der Waals surface area contributed by atoms with Gasteiger partial charge in [-0.05, 0) is 25.5 Å². The topological polar surface area (TPSA) is 30.5 Å². The van der Waals surface area contributed by atoms with Gasteiger partial charge in [0.05, 0.1) is 14.2 Å². The van der Waals surface area contributed by atoms with Crippen LogP contribution in [0.5, 0.6) is 11.5 Å². The van der Waals surface area contributed by atoms with Gasteiger partial charge in [0.25, 0.3) is 0 Å². The van der Waals surface area contributed by atoms with E-state index in [1.165, 1.54) is 18.4 Å². The minimum absolute atomic E-state index is 0.321. The Labute approximate surface area is 110 Å². The molecule has 0 amide bonds. The molecule has 0 aromatic heterocycles. The van der Waals surface area contributed by atoms with Gasteiger partial charge in [0.2, 0.25) is 0 Å². The molecule has 3 nitrogen and oxygen atoms in total. The van der Waals surface area contributed by atoms with E-state index in [4.69, 9.17) is 9.47 Å². The standard InChI is InChI=1S/C15H25NO2/c1-5-7-11-16-13(6-2)12-9-8-10-14(17-3)15(12)18-4/h8-10,13,16H,5-7,11H2,1-4H3/t13-/m0/s1. The van der Waals surface area contributed by atoms with Crippen LogP contribution in [0.3, 0.4) is 0 Å². The summed E-state index contributed by atoms with van der Waals surface area (Å²) >= 11 is 0. The van der Waals surface area contributed by atoms with Crippen molar-refractivity contribution >= 4 is 0 Å². The van der Waals surface area contributed by atoms with Crippen molar-refractivity contribution in [3.05, 3.63) is 23.8 Å². The first-order chi connectivity index (χ1) is 8.78. The van der Waals surface area contributed by atoms with Crippen LogP contribution in [-0.4, -0.2) is 20.8 Å². The van der Waals surface area contributed by atoms with E-state index in [9.17, 15) is 0 Å². The van der Waals surface area contributed by atoms with Crippen molar-refractivity contribution in [1.82, 2.24) is 5.32 Å². The third-order valence-corrected chi connectivity index (χ3v) is 3.14. The normalized spacial score (nSPS) is 12.2. The maximum absolute atomic E-state index is 5.49. The summed E-state index contributed by atoms with van der Waals surface area (Å²) < 4.78 is 10.8. The third-order valence-electron chi connectivity index (χ3n) is 3.14. The van der Waals surface area contributed by atoms with Gasteiger partial charge in [-0.15, -0.1) is 0 Å². The maximum atomic E-state index is 5.49. The van der Waals surface area contributed by atoms with Crippen LogP contribution < -0.4 is 14.8 Å². The SMILES string of the molecule is CCCCN[C@@H](CC)c1cccc(OC)c1OC. The molecule has 0 aliphatic heterocycles. The van der Waals surface area contributed by atoms with Gasteiger partial charge >= 0.3 is 0 Å². The first-order valence-corrected chi connectivity index (χ1v) is 6.72. The molecule has 0 aliphatic carbocycles. The summed E-state index contributed by atoms with van der Waals surface area (Å²) in [7, 11) is 3.37. The summed E-state index contributed by atoms with van der Waals surface area (Å²) in [5.41, 5.74) is 1.18. The number of benzene rings is 1. The van der Waals surface area contributed by atoms with Gasteiger partial charge in [-0.1, -0.05) is 32.4 Å². The number of unbranched alkanes of at least 4 members (excludes halogenated alkanes) is 1. The van der Waals surface area contributed by atoms with Gasteiger partial charge in [0.15, 0.2) is 11.5 Å². The van der Waals surface area contributed by atoms with E-state index in [1.54, 1.807) is 14.2 Å². The molecule has 0 spiro atoms. The fourth-order valence-electron chi connectivity index (χ4n) is 2.11. The number of hydrogen-bond acceptors (Lipinski definition) is 3. The summed E-state index contributed by atoms with van der Waals surface area (Å²) in [6.07, 6.45) is 3.44. The van der Waals surface area contributed by atoms with Crippen LogP contribution >= 0.6 is 0 Å². The molecule has 3 heteroatoms. The fourth-order valence-corrected chi connectivity index (χ4v) is 2.11. The molecule has 0 saturated carbocycles. The smallest absolute Gasteiger partial charge is 0.165 e. The molecule has 1 rings (SSSR count). The molecule has 1 atom stereocenters. The molecule has 18 heavy (non-hydrogen) atoms. The predicted octanol–water partition coefficient (Wildman–Crippen LogP) is 3.54. The highest BCUT2D eigenvalue weighted by atomic mass is 16.5. The van der Waals surface area contributed by atoms with Crippen LogP contribution in [0.4, 0.5) is 0 Å². The third kappa shape index (κ3) is 3.64. The molecule has 102 valence electrons. The Morgan fingerprint density at radius 3 is 2.50 bits per heavy atom. The fraction of sp³-hybridized carbons (Fsp3) is 0.600. The van der Waals surface area contributed by atoms with Gasteiger partial charge in [0, 0.05) is 11.6 Å². The van der Waals surface area contributed by atoms with Gasteiger partial charge < -0.3 is 14.8 Å². The molecule has 0 aliphatic rings. The van der Waals surface area contributed by atoms with E-state index in [-0.39, 0.29) is 0 Å². The van der Waals surface area contributed by atoms with Gasteiger partial charge in [0.1, 0.15) is 0 Å². The number of hydrogen-bond donors (Lipinski definition) is 1. The second-order valence-corrected chi connectivity index (χ2v) is 4.35. The van der Waals surface area contributed by atoms with Crippen molar-refractivity contribution in [3.63, 3.8) is 0 Å². The van der Waals surface area contributed by atoms with E-state index in [1.807, 2.05) is 12.1 Å². The Hall–Kier alpha value is -1.22. The molecule has 0 fully saturated rings.